The van der Waals surface area contributed by atoms with E-state index in [9.17, 15) is 4.79 Å². The largest absolute Gasteiger partial charge is 0.398 e. The predicted molar refractivity (Wildman–Crippen MR) is 79.4 cm³/mol. The molecule has 0 amide bonds. The van der Waals surface area contributed by atoms with Crippen molar-refractivity contribution in [3.8, 4) is 0 Å². The molecule has 0 aliphatic heterocycles. The SMILES string of the molecule is CSC1(CNc2ccc(C(C)=O)c(N)c2)CCC1. The Morgan fingerprint density at radius 3 is 2.67 bits per heavy atom. The Bertz CT molecular complexity index is 450. The van der Waals surface area contributed by atoms with Crippen LogP contribution in [0.25, 0.3) is 0 Å². The van der Waals surface area contributed by atoms with E-state index >= 15 is 0 Å². The van der Waals surface area contributed by atoms with Gasteiger partial charge in [0.2, 0.25) is 0 Å². The lowest BCUT2D eigenvalue weighted by Crippen LogP contribution is -2.40. The molecule has 2 rings (SSSR count). The first kappa shape index (κ1) is 13.3. The van der Waals surface area contributed by atoms with E-state index in [1.807, 2.05) is 23.9 Å². The summed E-state index contributed by atoms with van der Waals surface area (Å²) in [7, 11) is 0. The number of carbonyl (C=O) groups is 1. The lowest BCUT2D eigenvalue weighted by atomic mass is 9.84. The van der Waals surface area contributed by atoms with Gasteiger partial charge in [-0.15, -0.1) is 0 Å². The third-order valence-electron chi connectivity index (χ3n) is 3.74. The lowest BCUT2D eigenvalue weighted by Gasteiger charge is -2.40. The monoisotopic (exact) mass is 264 g/mol. The van der Waals surface area contributed by atoms with Crippen LogP contribution in [0.4, 0.5) is 11.4 Å². The van der Waals surface area contributed by atoms with Gasteiger partial charge in [0.05, 0.1) is 0 Å². The summed E-state index contributed by atoms with van der Waals surface area (Å²) in [4.78, 5) is 11.3. The number of hydrogen-bond acceptors (Lipinski definition) is 4. The molecule has 3 N–H and O–H groups in total. The van der Waals surface area contributed by atoms with Crippen LogP contribution in [0, 0.1) is 0 Å². The van der Waals surface area contributed by atoms with Crippen LogP contribution >= 0.6 is 11.8 Å². The fourth-order valence-corrected chi connectivity index (χ4v) is 3.19. The summed E-state index contributed by atoms with van der Waals surface area (Å²) in [5.41, 5.74) is 8.03. The molecule has 0 aromatic heterocycles. The number of ketones is 1. The van der Waals surface area contributed by atoms with E-state index in [0.29, 0.717) is 16.0 Å². The van der Waals surface area contributed by atoms with Crippen LogP contribution in [-0.4, -0.2) is 23.3 Å². The first-order valence-corrected chi connectivity index (χ1v) is 7.48. The predicted octanol–water partition coefficient (Wildman–Crippen LogP) is 3.17. The second-order valence-corrected chi connectivity index (χ2v) is 6.23. The van der Waals surface area contributed by atoms with Crippen molar-refractivity contribution in [2.45, 2.75) is 30.9 Å². The van der Waals surface area contributed by atoms with Gasteiger partial charge >= 0.3 is 0 Å². The topological polar surface area (TPSA) is 55.1 Å². The zero-order valence-corrected chi connectivity index (χ0v) is 11.8. The first-order chi connectivity index (χ1) is 8.56. The zero-order valence-electron chi connectivity index (χ0n) is 11.0. The Morgan fingerprint density at radius 1 is 1.50 bits per heavy atom. The number of anilines is 2. The summed E-state index contributed by atoms with van der Waals surface area (Å²) in [6.07, 6.45) is 6.06. The van der Waals surface area contributed by atoms with E-state index < -0.39 is 0 Å². The summed E-state index contributed by atoms with van der Waals surface area (Å²) in [6, 6.07) is 5.58. The number of carbonyl (C=O) groups excluding carboxylic acids is 1. The maximum atomic E-state index is 11.3. The third kappa shape index (κ3) is 2.64. The van der Waals surface area contributed by atoms with Crippen molar-refractivity contribution < 1.29 is 4.79 Å². The first-order valence-electron chi connectivity index (χ1n) is 6.26. The van der Waals surface area contributed by atoms with E-state index in [-0.39, 0.29) is 5.78 Å². The molecule has 1 aromatic rings. The minimum Gasteiger partial charge on any atom is -0.398 e. The molecule has 1 aliphatic rings. The molecule has 98 valence electrons. The van der Waals surface area contributed by atoms with Gasteiger partial charge in [-0.1, -0.05) is 6.42 Å². The highest BCUT2D eigenvalue weighted by atomic mass is 32.2. The molecule has 0 saturated heterocycles. The molecule has 0 bridgehead atoms. The Balaban J connectivity index is 2.02. The summed E-state index contributed by atoms with van der Waals surface area (Å²) in [5.74, 6) is 0.0126. The highest BCUT2D eigenvalue weighted by molar-refractivity contribution is 8.00. The summed E-state index contributed by atoms with van der Waals surface area (Å²) >= 11 is 1.94. The van der Waals surface area contributed by atoms with Gasteiger partial charge in [0.1, 0.15) is 0 Å². The van der Waals surface area contributed by atoms with Gasteiger partial charge in [-0.25, -0.2) is 0 Å². The smallest absolute Gasteiger partial charge is 0.161 e. The van der Waals surface area contributed by atoms with E-state index in [4.69, 9.17) is 5.73 Å². The van der Waals surface area contributed by atoms with Gasteiger partial charge < -0.3 is 11.1 Å². The maximum Gasteiger partial charge on any atom is 0.161 e. The van der Waals surface area contributed by atoms with Crippen LogP contribution in [0.1, 0.15) is 36.5 Å². The quantitative estimate of drug-likeness (QED) is 0.633. The number of nitrogens with two attached hydrogens (primary N) is 1. The van der Waals surface area contributed by atoms with E-state index in [1.165, 1.54) is 26.2 Å². The zero-order chi connectivity index (χ0) is 13.2. The molecule has 1 fully saturated rings. The standard InChI is InChI=1S/C14H20N2OS/c1-10(17)12-5-4-11(8-13(12)15)16-9-14(18-2)6-3-7-14/h4-5,8,16H,3,6-7,9,15H2,1-2H3. The molecule has 0 unspecified atom stereocenters. The number of Topliss-reactive ketones (excluding diaryl/α,β-unsaturated/α-hetero) is 1. The van der Waals surface area contributed by atoms with Gasteiger partial charge in [0.25, 0.3) is 0 Å². The molecule has 1 aromatic carbocycles. The van der Waals surface area contributed by atoms with Gasteiger partial charge in [-0.3, -0.25) is 4.79 Å². The molecule has 1 saturated carbocycles. The number of nitrogens with one attached hydrogen (secondary N) is 1. The van der Waals surface area contributed by atoms with E-state index in [1.54, 1.807) is 6.07 Å². The van der Waals surface area contributed by atoms with Gasteiger partial charge in [-0.05, 0) is 44.2 Å². The van der Waals surface area contributed by atoms with Crippen LogP contribution in [0.2, 0.25) is 0 Å². The fourth-order valence-electron chi connectivity index (χ4n) is 2.28. The third-order valence-corrected chi connectivity index (χ3v) is 5.16. The second kappa shape index (κ2) is 5.22. The maximum absolute atomic E-state index is 11.3. The van der Waals surface area contributed by atoms with Crippen molar-refractivity contribution >= 4 is 28.9 Å². The van der Waals surface area contributed by atoms with Crippen molar-refractivity contribution in [3.63, 3.8) is 0 Å². The van der Waals surface area contributed by atoms with Crippen molar-refractivity contribution in [3.05, 3.63) is 23.8 Å². The van der Waals surface area contributed by atoms with Crippen LogP contribution in [0.15, 0.2) is 18.2 Å². The molecular weight excluding hydrogens is 244 g/mol. The van der Waals surface area contributed by atoms with Gasteiger partial charge in [0.15, 0.2) is 5.78 Å². The molecule has 0 spiro atoms. The average Bonchev–Trinajstić information content (AvgIpc) is 2.27. The molecule has 0 heterocycles. The number of nitrogen functional groups attached to an aromatic ring is 1. The molecular formula is C14H20N2OS. The molecule has 4 heteroatoms. The number of hydrogen-bond donors (Lipinski definition) is 2. The minimum absolute atomic E-state index is 0.0126. The lowest BCUT2D eigenvalue weighted by molar-refractivity contribution is 0.101. The molecule has 18 heavy (non-hydrogen) atoms. The highest BCUT2D eigenvalue weighted by Crippen LogP contribution is 2.42. The minimum atomic E-state index is 0.0126. The summed E-state index contributed by atoms with van der Waals surface area (Å²) in [5, 5.41) is 3.43. The second-order valence-electron chi connectivity index (χ2n) is 4.95. The fraction of sp³-hybridized carbons (Fsp3) is 0.500. The van der Waals surface area contributed by atoms with Crippen molar-refractivity contribution in [2.24, 2.45) is 0 Å². The van der Waals surface area contributed by atoms with Crippen molar-refractivity contribution in [1.82, 2.24) is 0 Å². The molecule has 3 nitrogen and oxygen atoms in total. The normalized spacial score (nSPS) is 17.0. The van der Waals surface area contributed by atoms with Crippen molar-refractivity contribution in [2.75, 3.05) is 23.9 Å². The molecule has 1 aliphatic carbocycles. The summed E-state index contributed by atoms with van der Waals surface area (Å²) in [6.45, 7) is 2.50. The van der Waals surface area contributed by atoms with Crippen LogP contribution < -0.4 is 11.1 Å². The summed E-state index contributed by atoms with van der Waals surface area (Å²) < 4.78 is 0.397. The molecule has 0 atom stereocenters. The number of benzene rings is 1. The Kier molecular flexibility index (Phi) is 3.85. The van der Waals surface area contributed by atoms with E-state index in [2.05, 4.69) is 11.6 Å². The highest BCUT2D eigenvalue weighted by Gasteiger charge is 2.35. The average molecular weight is 264 g/mol. The Morgan fingerprint density at radius 2 is 2.22 bits per heavy atom. The van der Waals surface area contributed by atoms with Crippen LogP contribution in [-0.2, 0) is 0 Å². The van der Waals surface area contributed by atoms with Gasteiger partial charge in [-0.2, -0.15) is 11.8 Å². The van der Waals surface area contributed by atoms with E-state index in [0.717, 1.165) is 12.2 Å². The van der Waals surface area contributed by atoms with Crippen LogP contribution in [0.5, 0.6) is 0 Å². The molecule has 0 radical (unpaired) electrons. The van der Waals surface area contributed by atoms with Gasteiger partial charge in [0, 0.05) is 28.2 Å². The Labute approximate surface area is 113 Å². The number of rotatable bonds is 5. The van der Waals surface area contributed by atoms with Crippen LogP contribution in [0.3, 0.4) is 0 Å². The van der Waals surface area contributed by atoms with Crippen molar-refractivity contribution in [1.29, 1.82) is 0 Å². The Hall–Kier alpha value is -1.16. The number of thioether (sulfide) groups is 1.